The van der Waals surface area contributed by atoms with Gasteiger partial charge in [0, 0.05) is 6.54 Å². The molecule has 1 aliphatic rings. The molecular formula is C12H20N4O3. The van der Waals surface area contributed by atoms with Crippen LogP contribution in [0.2, 0.25) is 0 Å². The van der Waals surface area contributed by atoms with Crippen molar-refractivity contribution < 1.29 is 14.6 Å². The molecule has 2 heterocycles. The molecule has 0 radical (unpaired) electrons. The van der Waals surface area contributed by atoms with Crippen LogP contribution in [0.15, 0.2) is 0 Å². The summed E-state index contributed by atoms with van der Waals surface area (Å²) < 4.78 is 5.25. The lowest BCUT2D eigenvalue weighted by atomic mass is 10.1. The van der Waals surface area contributed by atoms with Crippen LogP contribution < -0.4 is 5.73 Å². The molecule has 0 spiro atoms. The molecule has 7 nitrogen and oxygen atoms in total. The predicted molar refractivity (Wildman–Crippen MR) is 69.7 cm³/mol. The molecule has 19 heavy (non-hydrogen) atoms. The molecule has 1 aliphatic heterocycles. The number of aliphatic hydroxyl groups is 1. The van der Waals surface area contributed by atoms with Crippen molar-refractivity contribution in [1.82, 2.24) is 15.1 Å². The van der Waals surface area contributed by atoms with Gasteiger partial charge in [-0.05, 0) is 6.42 Å². The molecule has 0 bridgehead atoms. The second kappa shape index (κ2) is 6.03. The molecule has 0 aliphatic carbocycles. The number of nitrogens with one attached hydrogen (secondary N) is 1. The maximum atomic E-state index is 12.4. The molecule has 4 N–H and O–H groups in total. The van der Waals surface area contributed by atoms with Gasteiger partial charge < -0.3 is 20.5 Å². The van der Waals surface area contributed by atoms with E-state index in [1.165, 1.54) is 0 Å². The Morgan fingerprint density at radius 1 is 1.68 bits per heavy atom. The van der Waals surface area contributed by atoms with Crippen molar-refractivity contribution in [1.29, 1.82) is 0 Å². The maximum absolute atomic E-state index is 12.4. The van der Waals surface area contributed by atoms with Crippen molar-refractivity contribution in [3.05, 3.63) is 11.4 Å². The number of rotatable bonds is 4. The molecule has 106 valence electrons. The van der Waals surface area contributed by atoms with Crippen LogP contribution in [-0.2, 0) is 11.2 Å². The third-order valence-electron chi connectivity index (χ3n) is 3.28. The van der Waals surface area contributed by atoms with Gasteiger partial charge in [-0.25, -0.2) is 0 Å². The van der Waals surface area contributed by atoms with Gasteiger partial charge in [-0.15, -0.1) is 0 Å². The Kier molecular flexibility index (Phi) is 4.39. The van der Waals surface area contributed by atoms with Crippen LogP contribution in [-0.4, -0.2) is 58.5 Å². The van der Waals surface area contributed by atoms with E-state index in [0.717, 1.165) is 18.5 Å². The third-order valence-corrected chi connectivity index (χ3v) is 3.28. The van der Waals surface area contributed by atoms with E-state index in [4.69, 9.17) is 10.5 Å². The molecule has 1 saturated heterocycles. The average molecular weight is 268 g/mol. The number of amides is 1. The maximum Gasteiger partial charge on any atom is 0.277 e. The topological polar surface area (TPSA) is 104 Å². The number of nitrogens with zero attached hydrogens (tertiary/aromatic N) is 2. The molecule has 0 aromatic carbocycles. The van der Waals surface area contributed by atoms with Crippen LogP contribution in [0.4, 0.5) is 5.69 Å². The first-order chi connectivity index (χ1) is 9.19. The van der Waals surface area contributed by atoms with E-state index < -0.39 is 0 Å². The van der Waals surface area contributed by atoms with E-state index in [0.29, 0.717) is 25.4 Å². The number of aliphatic hydroxyl groups excluding tert-OH is 1. The molecule has 1 aromatic rings. The summed E-state index contributed by atoms with van der Waals surface area (Å²) in [6, 6.07) is -0.327. The first-order valence-electron chi connectivity index (χ1n) is 6.51. The number of aromatic amines is 1. The number of morpholine rings is 1. The summed E-state index contributed by atoms with van der Waals surface area (Å²) in [5, 5.41) is 16.1. The Balaban J connectivity index is 2.18. The molecule has 0 saturated carbocycles. The number of aryl methyl sites for hydroxylation is 1. The monoisotopic (exact) mass is 268 g/mol. The van der Waals surface area contributed by atoms with E-state index in [9.17, 15) is 9.90 Å². The lowest BCUT2D eigenvalue weighted by molar-refractivity contribution is -0.0186. The van der Waals surface area contributed by atoms with Crippen LogP contribution in [0.5, 0.6) is 0 Å². The van der Waals surface area contributed by atoms with Crippen molar-refractivity contribution in [3.8, 4) is 0 Å². The molecule has 1 aromatic heterocycles. The fourth-order valence-corrected chi connectivity index (χ4v) is 2.20. The molecule has 7 heteroatoms. The normalized spacial score (nSPS) is 19.7. The number of carbonyl (C=O) groups is 1. The minimum absolute atomic E-state index is 0.127. The summed E-state index contributed by atoms with van der Waals surface area (Å²) in [7, 11) is 0. The molecule has 1 atom stereocenters. The third kappa shape index (κ3) is 2.71. The first kappa shape index (κ1) is 13.8. The summed E-state index contributed by atoms with van der Waals surface area (Å²) in [5.41, 5.74) is 7.39. The second-order valence-corrected chi connectivity index (χ2v) is 4.62. The minimum Gasteiger partial charge on any atom is -0.395 e. The van der Waals surface area contributed by atoms with Crippen LogP contribution in [0.1, 0.15) is 29.5 Å². The van der Waals surface area contributed by atoms with Crippen LogP contribution in [0, 0.1) is 0 Å². The van der Waals surface area contributed by atoms with Crippen molar-refractivity contribution in [3.63, 3.8) is 0 Å². The molecule has 1 amide bonds. The fraction of sp³-hybridized carbons (Fsp3) is 0.667. The second-order valence-electron chi connectivity index (χ2n) is 4.62. The summed E-state index contributed by atoms with van der Waals surface area (Å²) in [6.07, 6.45) is 1.69. The number of carbonyl (C=O) groups excluding carboxylic acids is 1. The zero-order chi connectivity index (χ0) is 13.8. The summed E-state index contributed by atoms with van der Waals surface area (Å²) in [5.74, 6) is -0.251. The Hall–Kier alpha value is -1.60. The van der Waals surface area contributed by atoms with E-state index in [-0.39, 0.29) is 24.2 Å². The Morgan fingerprint density at radius 3 is 3.16 bits per heavy atom. The highest BCUT2D eigenvalue weighted by molar-refractivity contribution is 5.97. The molecule has 2 rings (SSSR count). The van der Waals surface area contributed by atoms with Crippen LogP contribution in [0.3, 0.4) is 0 Å². The number of hydrogen-bond acceptors (Lipinski definition) is 5. The van der Waals surface area contributed by atoms with Gasteiger partial charge in [0.25, 0.3) is 5.91 Å². The van der Waals surface area contributed by atoms with E-state index in [1.54, 1.807) is 4.90 Å². The highest BCUT2D eigenvalue weighted by Gasteiger charge is 2.30. The molecular weight excluding hydrogens is 248 g/mol. The van der Waals surface area contributed by atoms with Gasteiger partial charge in [0.2, 0.25) is 0 Å². The zero-order valence-electron chi connectivity index (χ0n) is 11.1. The summed E-state index contributed by atoms with van der Waals surface area (Å²) >= 11 is 0. The van der Waals surface area contributed by atoms with Crippen molar-refractivity contribution in [2.45, 2.75) is 25.8 Å². The lowest BCUT2D eigenvalue weighted by Gasteiger charge is -2.34. The summed E-state index contributed by atoms with van der Waals surface area (Å²) in [6.45, 7) is 3.16. The zero-order valence-corrected chi connectivity index (χ0v) is 11.1. The smallest absolute Gasteiger partial charge is 0.277 e. The van der Waals surface area contributed by atoms with Gasteiger partial charge in [-0.3, -0.25) is 9.89 Å². The first-order valence-corrected chi connectivity index (χ1v) is 6.51. The fourth-order valence-electron chi connectivity index (χ4n) is 2.20. The number of aromatic nitrogens is 2. The number of anilines is 1. The molecule has 1 fully saturated rings. The lowest BCUT2D eigenvalue weighted by Crippen LogP contribution is -2.50. The highest BCUT2D eigenvalue weighted by Crippen LogP contribution is 2.19. The van der Waals surface area contributed by atoms with E-state index in [1.807, 2.05) is 6.92 Å². The number of ether oxygens (including phenoxy) is 1. The van der Waals surface area contributed by atoms with Crippen LogP contribution >= 0.6 is 0 Å². The van der Waals surface area contributed by atoms with Gasteiger partial charge in [0.05, 0.1) is 37.2 Å². The van der Waals surface area contributed by atoms with Gasteiger partial charge in [-0.2, -0.15) is 5.10 Å². The predicted octanol–water partition coefficient (Wildman–Crippen LogP) is -0.222. The van der Waals surface area contributed by atoms with Crippen molar-refractivity contribution >= 4 is 11.6 Å². The van der Waals surface area contributed by atoms with Gasteiger partial charge >= 0.3 is 0 Å². The number of hydrogen-bond donors (Lipinski definition) is 3. The Morgan fingerprint density at radius 2 is 2.47 bits per heavy atom. The number of nitrogens with two attached hydrogens (primary N) is 1. The number of H-pyrrole nitrogens is 1. The highest BCUT2D eigenvalue weighted by atomic mass is 16.5. The SMILES string of the molecule is CCCc1[nH]nc(C(=O)N2CCOCC2CO)c1N. The minimum atomic E-state index is -0.327. The van der Waals surface area contributed by atoms with E-state index in [2.05, 4.69) is 10.2 Å². The van der Waals surface area contributed by atoms with Gasteiger partial charge in [0.15, 0.2) is 5.69 Å². The quantitative estimate of drug-likeness (QED) is 0.700. The van der Waals surface area contributed by atoms with Crippen molar-refractivity contribution in [2.24, 2.45) is 0 Å². The largest absolute Gasteiger partial charge is 0.395 e. The standard InChI is InChI=1S/C12H20N4O3/c1-2-3-9-10(13)11(15-14-9)12(18)16-4-5-19-7-8(16)6-17/h8,17H,2-7,13H2,1H3,(H,14,15). The number of nitrogen functional groups attached to an aromatic ring is 1. The van der Waals surface area contributed by atoms with Crippen molar-refractivity contribution in [2.75, 3.05) is 32.1 Å². The average Bonchev–Trinajstić information content (AvgIpc) is 2.80. The van der Waals surface area contributed by atoms with Crippen LogP contribution in [0.25, 0.3) is 0 Å². The van der Waals surface area contributed by atoms with Gasteiger partial charge in [-0.1, -0.05) is 13.3 Å². The molecule has 1 unspecified atom stereocenters. The Labute approximate surface area is 111 Å². The summed E-state index contributed by atoms with van der Waals surface area (Å²) in [4.78, 5) is 14.0. The van der Waals surface area contributed by atoms with E-state index >= 15 is 0 Å². The Bertz CT molecular complexity index is 446. The van der Waals surface area contributed by atoms with Gasteiger partial charge in [0.1, 0.15) is 0 Å².